The molecule has 0 aromatic carbocycles. The van der Waals surface area contributed by atoms with E-state index in [4.69, 9.17) is 0 Å². The Morgan fingerprint density at radius 1 is 0.944 bits per heavy atom. The van der Waals surface area contributed by atoms with Gasteiger partial charge < -0.3 is 21.3 Å². The lowest BCUT2D eigenvalue weighted by Crippen LogP contribution is -2.40. The maximum Gasteiger partial charge on any atom is 0.314 e. The molecule has 1 fully saturated rings. The first kappa shape index (κ1) is 14.6. The first-order chi connectivity index (χ1) is 8.65. The molecule has 1 rings (SSSR count). The van der Waals surface area contributed by atoms with Crippen molar-refractivity contribution >= 4 is 12.1 Å². The molecule has 6 heteroatoms. The summed E-state index contributed by atoms with van der Waals surface area (Å²) in [5.74, 6) is 1.04. The van der Waals surface area contributed by atoms with Gasteiger partial charge in [0, 0.05) is 27.2 Å². The monoisotopic (exact) mass is 256 g/mol. The van der Waals surface area contributed by atoms with Gasteiger partial charge in [-0.1, -0.05) is 6.42 Å². The molecule has 18 heavy (non-hydrogen) atoms. The minimum absolute atomic E-state index is 0.124. The SMILES string of the molecule is CNC(=O)NC[C@@H]1CCC[C@@H](CNC(=O)NC)C1. The molecule has 4 amide bonds. The Morgan fingerprint density at radius 2 is 1.39 bits per heavy atom. The molecule has 0 heterocycles. The van der Waals surface area contributed by atoms with Gasteiger partial charge in [-0.15, -0.1) is 0 Å². The van der Waals surface area contributed by atoms with Gasteiger partial charge in [0.15, 0.2) is 0 Å². The first-order valence-electron chi connectivity index (χ1n) is 6.56. The third kappa shape index (κ3) is 5.25. The molecule has 0 unspecified atom stereocenters. The molecule has 1 aliphatic carbocycles. The fraction of sp³-hybridized carbons (Fsp3) is 0.833. The molecule has 4 N–H and O–H groups in total. The third-order valence-electron chi connectivity index (χ3n) is 3.45. The molecular formula is C12H24N4O2. The van der Waals surface area contributed by atoms with E-state index >= 15 is 0 Å². The maximum absolute atomic E-state index is 11.1. The second-order valence-corrected chi connectivity index (χ2v) is 4.82. The van der Waals surface area contributed by atoms with Crippen molar-refractivity contribution in [1.29, 1.82) is 0 Å². The molecule has 0 spiro atoms. The van der Waals surface area contributed by atoms with E-state index in [1.165, 1.54) is 6.42 Å². The molecule has 1 saturated carbocycles. The summed E-state index contributed by atoms with van der Waals surface area (Å²) in [5, 5.41) is 10.8. The Kier molecular flexibility index (Phi) is 6.32. The second-order valence-electron chi connectivity index (χ2n) is 4.82. The number of hydrogen-bond acceptors (Lipinski definition) is 2. The number of amides is 4. The average Bonchev–Trinajstić information content (AvgIpc) is 2.42. The molecule has 0 aromatic rings. The van der Waals surface area contributed by atoms with Crippen LogP contribution in [0.5, 0.6) is 0 Å². The highest BCUT2D eigenvalue weighted by Crippen LogP contribution is 2.28. The highest BCUT2D eigenvalue weighted by Gasteiger charge is 2.22. The summed E-state index contributed by atoms with van der Waals surface area (Å²) in [5.41, 5.74) is 0. The smallest absolute Gasteiger partial charge is 0.314 e. The van der Waals surface area contributed by atoms with Crippen molar-refractivity contribution in [1.82, 2.24) is 21.3 Å². The Labute approximate surface area is 108 Å². The highest BCUT2D eigenvalue weighted by molar-refractivity contribution is 5.73. The Bertz CT molecular complexity index is 257. The normalized spacial score (nSPS) is 23.0. The van der Waals surface area contributed by atoms with Crippen LogP contribution in [0.1, 0.15) is 25.7 Å². The lowest BCUT2D eigenvalue weighted by molar-refractivity contribution is 0.223. The topological polar surface area (TPSA) is 82.3 Å². The molecule has 104 valence electrons. The molecule has 6 nitrogen and oxygen atoms in total. The molecule has 0 saturated heterocycles. The minimum atomic E-state index is -0.124. The summed E-state index contributed by atoms with van der Waals surface area (Å²) in [6, 6.07) is -0.249. The van der Waals surface area contributed by atoms with E-state index in [-0.39, 0.29) is 12.1 Å². The van der Waals surface area contributed by atoms with Gasteiger partial charge in [0.2, 0.25) is 0 Å². The van der Waals surface area contributed by atoms with Crippen LogP contribution >= 0.6 is 0 Å². The summed E-state index contributed by atoms with van der Waals surface area (Å²) < 4.78 is 0. The summed E-state index contributed by atoms with van der Waals surface area (Å²) >= 11 is 0. The van der Waals surface area contributed by atoms with Crippen LogP contribution in [0.3, 0.4) is 0 Å². The second kappa shape index (κ2) is 7.79. The van der Waals surface area contributed by atoms with Crippen molar-refractivity contribution in [2.45, 2.75) is 25.7 Å². The molecule has 0 radical (unpaired) electrons. The van der Waals surface area contributed by atoms with Crippen LogP contribution in [0, 0.1) is 11.8 Å². The number of hydrogen-bond donors (Lipinski definition) is 4. The van der Waals surface area contributed by atoms with Gasteiger partial charge in [-0.3, -0.25) is 0 Å². The zero-order valence-electron chi connectivity index (χ0n) is 11.2. The van der Waals surface area contributed by atoms with Crippen LogP contribution in [0.2, 0.25) is 0 Å². The third-order valence-corrected chi connectivity index (χ3v) is 3.45. The summed E-state index contributed by atoms with van der Waals surface area (Å²) in [6.45, 7) is 1.44. The summed E-state index contributed by atoms with van der Waals surface area (Å²) in [7, 11) is 3.23. The van der Waals surface area contributed by atoms with Gasteiger partial charge in [0.05, 0.1) is 0 Å². The van der Waals surface area contributed by atoms with Gasteiger partial charge in [0.25, 0.3) is 0 Å². The molecule has 0 aliphatic heterocycles. The van der Waals surface area contributed by atoms with E-state index in [1.807, 2.05) is 0 Å². The highest BCUT2D eigenvalue weighted by atomic mass is 16.2. The van der Waals surface area contributed by atoms with Crippen LogP contribution in [-0.4, -0.2) is 39.2 Å². The Morgan fingerprint density at radius 3 is 1.78 bits per heavy atom. The maximum atomic E-state index is 11.1. The lowest BCUT2D eigenvalue weighted by atomic mass is 9.81. The first-order valence-corrected chi connectivity index (χ1v) is 6.56. The van der Waals surface area contributed by atoms with E-state index in [9.17, 15) is 9.59 Å². The van der Waals surface area contributed by atoms with Gasteiger partial charge >= 0.3 is 12.1 Å². The lowest BCUT2D eigenvalue weighted by Gasteiger charge is -2.29. The van der Waals surface area contributed by atoms with Crippen LogP contribution in [0.15, 0.2) is 0 Å². The largest absolute Gasteiger partial charge is 0.341 e. The molecule has 1 aliphatic rings. The van der Waals surface area contributed by atoms with Gasteiger partial charge in [-0.25, -0.2) is 9.59 Å². The molecule has 0 bridgehead atoms. The van der Waals surface area contributed by atoms with Crippen molar-refractivity contribution in [3.63, 3.8) is 0 Å². The average molecular weight is 256 g/mol. The molecular weight excluding hydrogens is 232 g/mol. The zero-order chi connectivity index (χ0) is 13.4. The number of nitrogens with one attached hydrogen (secondary N) is 4. The van der Waals surface area contributed by atoms with Crippen LogP contribution < -0.4 is 21.3 Å². The number of carbonyl (C=O) groups is 2. The molecule has 2 atom stereocenters. The van der Waals surface area contributed by atoms with Crippen LogP contribution in [-0.2, 0) is 0 Å². The van der Waals surface area contributed by atoms with Crippen molar-refractivity contribution in [3.05, 3.63) is 0 Å². The predicted octanol–water partition coefficient (Wildman–Crippen LogP) is 0.651. The standard InChI is InChI=1S/C12H24N4O2/c1-13-11(17)15-7-9-4-3-5-10(6-9)8-16-12(18)14-2/h9-10H,3-8H2,1-2H3,(H2,13,15,17)(H2,14,16,18)/t9-,10-/m1/s1. The van der Waals surface area contributed by atoms with Crippen LogP contribution in [0.4, 0.5) is 9.59 Å². The number of carbonyl (C=O) groups excluding carboxylic acids is 2. The van der Waals surface area contributed by atoms with Crippen molar-refractivity contribution in [3.8, 4) is 0 Å². The van der Waals surface area contributed by atoms with Crippen molar-refractivity contribution < 1.29 is 9.59 Å². The van der Waals surface area contributed by atoms with E-state index in [0.717, 1.165) is 32.4 Å². The predicted molar refractivity (Wildman–Crippen MR) is 70.4 cm³/mol. The number of urea groups is 2. The molecule has 0 aromatic heterocycles. The Hall–Kier alpha value is -1.46. The van der Waals surface area contributed by atoms with E-state index in [0.29, 0.717) is 11.8 Å². The van der Waals surface area contributed by atoms with E-state index in [2.05, 4.69) is 21.3 Å². The summed E-state index contributed by atoms with van der Waals surface area (Å²) in [6.07, 6.45) is 4.54. The van der Waals surface area contributed by atoms with E-state index < -0.39 is 0 Å². The van der Waals surface area contributed by atoms with Gasteiger partial charge in [-0.2, -0.15) is 0 Å². The minimum Gasteiger partial charge on any atom is -0.341 e. The van der Waals surface area contributed by atoms with Gasteiger partial charge in [0.1, 0.15) is 0 Å². The van der Waals surface area contributed by atoms with E-state index in [1.54, 1.807) is 14.1 Å². The fourth-order valence-electron chi connectivity index (χ4n) is 2.42. The van der Waals surface area contributed by atoms with Gasteiger partial charge in [-0.05, 0) is 31.1 Å². The Balaban J connectivity index is 2.23. The quantitative estimate of drug-likeness (QED) is 0.595. The van der Waals surface area contributed by atoms with Crippen molar-refractivity contribution in [2.75, 3.05) is 27.2 Å². The zero-order valence-corrected chi connectivity index (χ0v) is 11.2. The fourth-order valence-corrected chi connectivity index (χ4v) is 2.42. The van der Waals surface area contributed by atoms with Crippen LogP contribution in [0.25, 0.3) is 0 Å². The number of rotatable bonds is 4. The van der Waals surface area contributed by atoms with Crippen molar-refractivity contribution in [2.24, 2.45) is 11.8 Å². The summed E-state index contributed by atoms with van der Waals surface area (Å²) in [4.78, 5) is 22.2.